The number of carbonyl (C=O) groups is 1. The third-order valence-corrected chi connectivity index (χ3v) is 5.55. The van der Waals surface area contributed by atoms with Crippen LogP contribution in [0.3, 0.4) is 0 Å². The van der Waals surface area contributed by atoms with E-state index in [1.54, 1.807) is 42.5 Å². The number of aryl methyl sites for hydroxylation is 1. The molecule has 4 rings (SSSR count). The molecule has 0 spiro atoms. The Labute approximate surface area is 200 Å². The fourth-order valence-electron chi connectivity index (χ4n) is 3.55. The molecule has 0 radical (unpaired) electrons. The molecule has 0 aliphatic heterocycles. The molecule has 0 unspecified atom stereocenters. The highest BCUT2D eigenvalue weighted by Crippen LogP contribution is 2.39. The minimum Gasteiger partial charge on any atom is -0.493 e. The summed E-state index contributed by atoms with van der Waals surface area (Å²) in [7, 11) is 4.32. The van der Waals surface area contributed by atoms with E-state index in [0.717, 1.165) is 5.56 Å². The lowest BCUT2D eigenvalue weighted by Crippen LogP contribution is -2.17. The molecule has 3 aromatic carbocycles. The average molecular weight is 481 g/mol. The maximum absolute atomic E-state index is 13.4. The van der Waals surface area contributed by atoms with Gasteiger partial charge in [0.05, 0.1) is 37.3 Å². The zero-order valence-electron chi connectivity index (χ0n) is 18.9. The third-order valence-electron chi connectivity index (χ3n) is 5.22. The lowest BCUT2D eigenvalue weighted by atomic mass is 10.1. The summed E-state index contributed by atoms with van der Waals surface area (Å²) in [5.41, 5.74) is 1.26. The van der Waals surface area contributed by atoms with Crippen LogP contribution in [0.1, 0.15) is 15.9 Å². The molecule has 4 aromatic rings. The molecule has 7 nitrogen and oxygen atoms in total. The van der Waals surface area contributed by atoms with Crippen LogP contribution in [-0.4, -0.2) is 27.3 Å². The molecule has 8 heteroatoms. The Morgan fingerprint density at radius 3 is 2.18 bits per heavy atom. The lowest BCUT2D eigenvalue weighted by molar-refractivity contribution is 0.0730. The first-order chi connectivity index (χ1) is 16.4. The topological polar surface area (TPSA) is 84.2 Å². The molecule has 174 valence electrons. The largest absolute Gasteiger partial charge is 0.493 e. The van der Waals surface area contributed by atoms with E-state index in [9.17, 15) is 9.59 Å². The van der Waals surface area contributed by atoms with Crippen molar-refractivity contribution >= 4 is 28.5 Å². The Balaban J connectivity index is 1.89. The number of hydrogen-bond acceptors (Lipinski definition) is 7. The predicted octanol–water partition coefficient (Wildman–Crippen LogP) is 5.67. The Bertz CT molecular complexity index is 1430. The molecule has 0 atom stereocenters. The van der Waals surface area contributed by atoms with Gasteiger partial charge in [-0.05, 0) is 48.9 Å². The van der Waals surface area contributed by atoms with Gasteiger partial charge in [0.25, 0.3) is 0 Å². The Morgan fingerprint density at radius 1 is 0.882 bits per heavy atom. The van der Waals surface area contributed by atoms with E-state index in [2.05, 4.69) is 0 Å². The van der Waals surface area contributed by atoms with Gasteiger partial charge in [0.1, 0.15) is 5.58 Å². The molecule has 0 N–H and O–H groups in total. The number of rotatable bonds is 6. The number of hydrogen-bond donors (Lipinski definition) is 0. The summed E-state index contributed by atoms with van der Waals surface area (Å²) in [5.74, 6) is -0.190. The monoisotopic (exact) mass is 480 g/mol. The van der Waals surface area contributed by atoms with Gasteiger partial charge in [-0.2, -0.15) is 0 Å². The standard InChI is InChI=1S/C26H21ClO7/c1-14-9-10-17-19(11-14)33-23(16-7-5-6-8-18(16)27)25(22(17)28)34-26(29)15-12-20(30-2)24(32-4)21(13-15)31-3/h5-13H,1-4H3. The van der Waals surface area contributed by atoms with Crippen LogP contribution in [0.15, 0.2) is 63.8 Å². The van der Waals surface area contributed by atoms with E-state index < -0.39 is 11.4 Å². The zero-order valence-corrected chi connectivity index (χ0v) is 19.7. The molecule has 0 bridgehead atoms. The number of carbonyl (C=O) groups excluding carboxylic acids is 1. The van der Waals surface area contributed by atoms with Crippen LogP contribution in [0.25, 0.3) is 22.3 Å². The van der Waals surface area contributed by atoms with Gasteiger partial charge in [-0.3, -0.25) is 4.79 Å². The van der Waals surface area contributed by atoms with Crippen LogP contribution in [0.5, 0.6) is 23.0 Å². The molecule has 34 heavy (non-hydrogen) atoms. The molecule has 0 saturated heterocycles. The second-order valence-electron chi connectivity index (χ2n) is 7.37. The van der Waals surface area contributed by atoms with E-state index >= 15 is 0 Å². The highest BCUT2D eigenvalue weighted by molar-refractivity contribution is 6.33. The Morgan fingerprint density at radius 2 is 1.56 bits per heavy atom. The van der Waals surface area contributed by atoms with Gasteiger partial charge in [-0.1, -0.05) is 29.8 Å². The number of fused-ring (bicyclic) bond motifs is 1. The van der Waals surface area contributed by atoms with Crippen molar-refractivity contribution in [3.8, 4) is 34.3 Å². The molecular formula is C26H21ClO7. The van der Waals surface area contributed by atoms with Crippen molar-refractivity contribution in [2.24, 2.45) is 0 Å². The van der Waals surface area contributed by atoms with E-state index in [0.29, 0.717) is 21.9 Å². The van der Waals surface area contributed by atoms with Crippen LogP contribution in [0.2, 0.25) is 5.02 Å². The normalized spacial score (nSPS) is 10.7. The molecule has 0 saturated carbocycles. The van der Waals surface area contributed by atoms with Crippen LogP contribution in [-0.2, 0) is 0 Å². The molecule has 0 aliphatic carbocycles. The number of esters is 1. The van der Waals surface area contributed by atoms with Crippen molar-refractivity contribution in [2.45, 2.75) is 6.92 Å². The van der Waals surface area contributed by atoms with Crippen LogP contribution in [0, 0.1) is 6.92 Å². The summed E-state index contributed by atoms with van der Waals surface area (Å²) in [6.07, 6.45) is 0. The summed E-state index contributed by atoms with van der Waals surface area (Å²) in [6, 6.07) is 14.8. The average Bonchev–Trinajstić information content (AvgIpc) is 2.84. The zero-order chi connectivity index (χ0) is 24.4. The maximum atomic E-state index is 13.4. The van der Waals surface area contributed by atoms with Gasteiger partial charge in [0, 0.05) is 5.56 Å². The summed E-state index contributed by atoms with van der Waals surface area (Å²) in [6.45, 7) is 1.88. The van der Waals surface area contributed by atoms with Crippen LogP contribution >= 0.6 is 11.6 Å². The van der Waals surface area contributed by atoms with Crippen molar-refractivity contribution in [2.75, 3.05) is 21.3 Å². The first kappa shape index (κ1) is 23.2. The summed E-state index contributed by atoms with van der Waals surface area (Å²) in [4.78, 5) is 26.6. The summed E-state index contributed by atoms with van der Waals surface area (Å²) in [5, 5.41) is 0.608. The van der Waals surface area contributed by atoms with E-state index in [-0.39, 0.29) is 34.0 Å². The molecule has 0 fully saturated rings. The van der Waals surface area contributed by atoms with E-state index in [1.807, 2.05) is 6.92 Å². The molecule has 1 heterocycles. The minimum atomic E-state index is -0.814. The smallest absolute Gasteiger partial charge is 0.344 e. The SMILES string of the molecule is COc1cc(C(=O)Oc2c(-c3ccccc3Cl)oc3cc(C)ccc3c2=O)cc(OC)c1OC. The second-order valence-corrected chi connectivity index (χ2v) is 7.78. The quantitative estimate of drug-likeness (QED) is 0.329. The minimum absolute atomic E-state index is 0.0505. The maximum Gasteiger partial charge on any atom is 0.344 e. The second kappa shape index (κ2) is 9.49. The van der Waals surface area contributed by atoms with E-state index in [4.69, 9.17) is 35.0 Å². The van der Waals surface area contributed by atoms with Crippen molar-refractivity contribution in [3.63, 3.8) is 0 Å². The van der Waals surface area contributed by atoms with Gasteiger partial charge < -0.3 is 23.4 Å². The Kier molecular flexibility index (Phi) is 6.47. The van der Waals surface area contributed by atoms with Gasteiger partial charge >= 0.3 is 5.97 Å². The first-order valence-corrected chi connectivity index (χ1v) is 10.6. The summed E-state index contributed by atoms with van der Waals surface area (Å²) >= 11 is 6.38. The fourth-order valence-corrected chi connectivity index (χ4v) is 3.77. The van der Waals surface area contributed by atoms with Gasteiger partial charge in [-0.25, -0.2) is 4.79 Å². The lowest BCUT2D eigenvalue weighted by Gasteiger charge is -2.15. The number of halogens is 1. The highest BCUT2D eigenvalue weighted by Gasteiger charge is 2.24. The molecule has 1 aromatic heterocycles. The van der Waals surface area contributed by atoms with Gasteiger partial charge in [0.15, 0.2) is 17.3 Å². The fraction of sp³-hybridized carbons (Fsp3) is 0.154. The van der Waals surface area contributed by atoms with Crippen molar-refractivity contribution in [1.82, 2.24) is 0 Å². The van der Waals surface area contributed by atoms with Gasteiger partial charge in [0.2, 0.25) is 16.9 Å². The summed E-state index contributed by atoms with van der Waals surface area (Å²) < 4.78 is 27.6. The molecular weight excluding hydrogens is 460 g/mol. The highest BCUT2D eigenvalue weighted by atomic mass is 35.5. The molecule has 0 aliphatic rings. The number of methoxy groups -OCH3 is 3. The molecule has 0 amide bonds. The number of ether oxygens (including phenoxy) is 4. The first-order valence-electron chi connectivity index (χ1n) is 10.2. The predicted molar refractivity (Wildman–Crippen MR) is 129 cm³/mol. The Hall–Kier alpha value is -3.97. The van der Waals surface area contributed by atoms with Crippen LogP contribution < -0.4 is 24.4 Å². The van der Waals surface area contributed by atoms with Crippen molar-refractivity contribution in [1.29, 1.82) is 0 Å². The van der Waals surface area contributed by atoms with Crippen LogP contribution in [0.4, 0.5) is 0 Å². The third kappa shape index (κ3) is 4.18. The number of benzene rings is 3. The van der Waals surface area contributed by atoms with E-state index in [1.165, 1.54) is 33.5 Å². The van der Waals surface area contributed by atoms with Crippen molar-refractivity contribution in [3.05, 3.63) is 81.0 Å². The van der Waals surface area contributed by atoms with Gasteiger partial charge in [-0.15, -0.1) is 0 Å². The van der Waals surface area contributed by atoms with Crippen molar-refractivity contribution < 1.29 is 28.2 Å².